The van der Waals surface area contributed by atoms with Gasteiger partial charge in [-0.15, -0.1) is 11.3 Å². The van der Waals surface area contributed by atoms with Gasteiger partial charge in [0.25, 0.3) is 0 Å². The first kappa shape index (κ1) is 11.3. The van der Waals surface area contributed by atoms with E-state index < -0.39 is 0 Å². The fourth-order valence-electron chi connectivity index (χ4n) is 2.79. The third-order valence-electron chi connectivity index (χ3n) is 3.68. The van der Waals surface area contributed by atoms with Gasteiger partial charge in [0.05, 0.1) is 0 Å². The molecule has 0 spiro atoms. The molecule has 0 radical (unpaired) electrons. The second-order valence-electron chi connectivity index (χ2n) is 5.79. The molecule has 1 unspecified atom stereocenters. The predicted molar refractivity (Wildman–Crippen MR) is 72.0 cm³/mol. The van der Waals surface area contributed by atoms with E-state index in [1.807, 2.05) is 0 Å². The molecular weight excluding hydrogens is 199 g/mol. The highest BCUT2D eigenvalue weighted by atomic mass is 32.1. The van der Waals surface area contributed by atoms with Gasteiger partial charge in [0.15, 0.2) is 0 Å². The molecule has 1 aliphatic rings. The fraction of sp³-hybridized carbons (Fsp3) is 0.692. The van der Waals surface area contributed by atoms with Gasteiger partial charge < -0.3 is 0 Å². The minimum atomic E-state index is 0.427. The molecule has 0 saturated heterocycles. The van der Waals surface area contributed by atoms with Gasteiger partial charge in [0, 0.05) is 9.75 Å². The molecule has 15 heavy (non-hydrogen) atoms. The maximum Gasteiger partial charge on any atom is 0.115 e. The van der Waals surface area contributed by atoms with E-state index in [1.165, 1.54) is 19.3 Å². The van der Waals surface area contributed by atoms with Gasteiger partial charge in [0.2, 0.25) is 0 Å². The van der Waals surface area contributed by atoms with Crippen molar-refractivity contribution in [1.82, 2.24) is 0 Å². The molecule has 2 rings (SSSR count). The van der Waals surface area contributed by atoms with Crippen LogP contribution in [0.25, 0.3) is 0 Å². The van der Waals surface area contributed by atoms with Crippen LogP contribution in [0.2, 0.25) is 0 Å². The van der Waals surface area contributed by atoms with Gasteiger partial charge in [-0.3, -0.25) is 0 Å². The molecule has 1 aromatic rings. The molecule has 0 aromatic carbocycles. The highest BCUT2D eigenvalue weighted by molar-refractivity contribution is 7.12. The Bertz CT molecular complexity index is 374. The van der Waals surface area contributed by atoms with E-state index in [1.54, 1.807) is 20.9 Å². The molecule has 0 N–H and O–H groups in total. The molecule has 1 aliphatic carbocycles. The summed E-state index contributed by atoms with van der Waals surface area (Å²) in [6, 6.07) is 0. The second kappa shape index (κ2) is 3.66. The van der Waals surface area contributed by atoms with Gasteiger partial charge in [-0.2, -0.15) is 0 Å². The monoisotopic (exact) mass is 220 g/mol. The van der Waals surface area contributed by atoms with Crippen molar-refractivity contribution >= 4 is 19.2 Å². The zero-order valence-corrected chi connectivity index (χ0v) is 11.4. The van der Waals surface area contributed by atoms with Gasteiger partial charge in [-0.05, 0) is 42.1 Å². The Morgan fingerprint density at radius 3 is 2.60 bits per heavy atom. The Hall–Kier alpha value is -0.235. The zero-order chi connectivity index (χ0) is 11.2. The van der Waals surface area contributed by atoms with Crippen LogP contribution in [0.15, 0.2) is 0 Å². The summed E-state index contributed by atoms with van der Waals surface area (Å²) in [6.45, 7) is 9.37. The Morgan fingerprint density at radius 2 is 2.07 bits per heavy atom. The van der Waals surface area contributed by atoms with E-state index in [0.29, 0.717) is 11.2 Å². The molecule has 1 aromatic heterocycles. The molecule has 0 amide bonds. The first-order chi connectivity index (χ1) is 6.93. The maximum absolute atomic E-state index is 2.41. The highest BCUT2D eigenvalue weighted by Crippen LogP contribution is 2.44. The molecule has 0 saturated carbocycles. The lowest BCUT2D eigenvalue weighted by atomic mass is 9.62. The number of hydrogen-bond donors (Lipinski definition) is 0. The van der Waals surface area contributed by atoms with Crippen LogP contribution in [0, 0.1) is 6.92 Å². The maximum atomic E-state index is 2.41. The van der Waals surface area contributed by atoms with Gasteiger partial charge in [0.1, 0.15) is 7.85 Å². The minimum Gasteiger partial charge on any atom is -0.145 e. The third kappa shape index (κ3) is 1.77. The number of hydrogen-bond acceptors (Lipinski definition) is 1. The van der Waals surface area contributed by atoms with E-state index >= 15 is 0 Å². The molecule has 82 valence electrons. The van der Waals surface area contributed by atoms with Crippen molar-refractivity contribution in [1.29, 1.82) is 0 Å². The average Bonchev–Trinajstić information content (AvgIpc) is 2.45. The molecule has 0 aliphatic heterocycles. The van der Waals surface area contributed by atoms with Crippen molar-refractivity contribution in [3.05, 3.63) is 20.9 Å². The number of fused-ring (bicyclic) bond motifs is 1. The van der Waals surface area contributed by atoms with Crippen molar-refractivity contribution in [3.8, 4) is 0 Å². The summed E-state index contributed by atoms with van der Waals surface area (Å²) in [7, 11) is 2.41. The molecule has 0 fully saturated rings. The Morgan fingerprint density at radius 1 is 1.40 bits per heavy atom. The van der Waals surface area contributed by atoms with Crippen molar-refractivity contribution < 1.29 is 0 Å². The Labute approximate surface area is 98.5 Å². The van der Waals surface area contributed by atoms with Crippen LogP contribution in [0.4, 0.5) is 0 Å². The summed E-state index contributed by atoms with van der Waals surface area (Å²) >= 11 is 2.08. The first-order valence-corrected chi connectivity index (χ1v) is 6.88. The van der Waals surface area contributed by atoms with Crippen LogP contribution >= 0.6 is 11.3 Å². The topological polar surface area (TPSA) is 0 Å². The summed E-state index contributed by atoms with van der Waals surface area (Å²) in [5.74, 6) is 0.691. The minimum absolute atomic E-state index is 0.427. The van der Waals surface area contributed by atoms with Crippen molar-refractivity contribution in [2.45, 2.75) is 58.2 Å². The standard InChI is InChI=1S/C13H21BS/c1-8(2)11-9(3)10-6-5-7-13(4,14)12(10)15-11/h8H,5-7,14H2,1-4H3. The van der Waals surface area contributed by atoms with Gasteiger partial charge >= 0.3 is 0 Å². The lowest BCUT2D eigenvalue weighted by Crippen LogP contribution is -2.25. The fourth-order valence-corrected chi connectivity index (χ4v) is 4.27. The van der Waals surface area contributed by atoms with E-state index in [9.17, 15) is 0 Å². The van der Waals surface area contributed by atoms with Crippen molar-refractivity contribution in [2.75, 3.05) is 0 Å². The summed E-state index contributed by atoms with van der Waals surface area (Å²) in [5.41, 5.74) is 3.28. The van der Waals surface area contributed by atoms with Gasteiger partial charge in [-0.1, -0.05) is 27.2 Å². The summed E-state index contributed by atoms with van der Waals surface area (Å²) < 4.78 is 0. The number of thiophene rings is 1. The van der Waals surface area contributed by atoms with E-state index in [4.69, 9.17) is 0 Å². The van der Waals surface area contributed by atoms with E-state index in [2.05, 4.69) is 46.9 Å². The molecule has 2 heteroatoms. The molecule has 0 bridgehead atoms. The molecule has 0 nitrogen and oxygen atoms in total. The lowest BCUT2D eigenvalue weighted by Gasteiger charge is -2.29. The molecule has 1 atom stereocenters. The predicted octanol–water partition coefficient (Wildman–Crippen LogP) is 3.36. The lowest BCUT2D eigenvalue weighted by molar-refractivity contribution is 0.544. The van der Waals surface area contributed by atoms with E-state index in [0.717, 1.165) is 0 Å². The number of rotatable bonds is 1. The highest BCUT2D eigenvalue weighted by Gasteiger charge is 2.31. The first-order valence-electron chi connectivity index (χ1n) is 6.06. The zero-order valence-electron chi connectivity index (χ0n) is 10.6. The smallest absolute Gasteiger partial charge is 0.115 e. The Kier molecular flexibility index (Phi) is 2.74. The Balaban J connectivity index is 2.55. The van der Waals surface area contributed by atoms with Crippen LogP contribution in [0.5, 0.6) is 0 Å². The van der Waals surface area contributed by atoms with Crippen molar-refractivity contribution in [2.24, 2.45) is 0 Å². The van der Waals surface area contributed by atoms with Gasteiger partial charge in [-0.25, -0.2) is 0 Å². The summed E-state index contributed by atoms with van der Waals surface area (Å²) in [6.07, 6.45) is 4.04. The largest absolute Gasteiger partial charge is 0.145 e. The van der Waals surface area contributed by atoms with E-state index in [-0.39, 0.29) is 0 Å². The second-order valence-corrected chi connectivity index (χ2v) is 6.84. The summed E-state index contributed by atoms with van der Waals surface area (Å²) in [4.78, 5) is 3.30. The van der Waals surface area contributed by atoms with Crippen LogP contribution < -0.4 is 0 Å². The van der Waals surface area contributed by atoms with Crippen LogP contribution in [0.1, 0.15) is 60.4 Å². The quantitative estimate of drug-likeness (QED) is 0.636. The average molecular weight is 220 g/mol. The third-order valence-corrected chi connectivity index (χ3v) is 5.68. The van der Waals surface area contributed by atoms with Crippen LogP contribution in [0.3, 0.4) is 0 Å². The normalized spacial score (nSPS) is 25.7. The molecular formula is C13H21BS. The SMILES string of the molecule is BC1(C)CCCc2c1sc(C(C)C)c2C. The molecule has 1 heterocycles. The summed E-state index contributed by atoms with van der Waals surface area (Å²) in [5, 5.41) is 0.427. The van der Waals surface area contributed by atoms with Crippen LogP contribution in [-0.4, -0.2) is 7.85 Å². The van der Waals surface area contributed by atoms with Crippen molar-refractivity contribution in [3.63, 3.8) is 0 Å². The van der Waals surface area contributed by atoms with Crippen LogP contribution in [-0.2, 0) is 11.7 Å².